The summed E-state index contributed by atoms with van der Waals surface area (Å²) in [7, 11) is 0. The molecular formula is C32H35N5O. The molecule has 0 saturated carbocycles. The highest BCUT2D eigenvalue weighted by Crippen LogP contribution is 2.39. The van der Waals surface area contributed by atoms with Crippen LogP contribution >= 0.6 is 0 Å². The van der Waals surface area contributed by atoms with Crippen molar-refractivity contribution < 1.29 is 0 Å². The van der Waals surface area contributed by atoms with Gasteiger partial charge in [0, 0.05) is 18.8 Å². The molecule has 0 bridgehead atoms. The van der Waals surface area contributed by atoms with E-state index >= 15 is 0 Å². The van der Waals surface area contributed by atoms with Crippen molar-refractivity contribution in [1.29, 1.82) is 0 Å². The minimum absolute atomic E-state index is 0.165. The fourth-order valence-corrected chi connectivity index (χ4v) is 5.31. The average molecular weight is 506 g/mol. The summed E-state index contributed by atoms with van der Waals surface area (Å²) in [4.78, 5) is 24.6. The molecular weight excluding hydrogens is 470 g/mol. The summed E-state index contributed by atoms with van der Waals surface area (Å²) in [6, 6.07) is 31.2. The van der Waals surface area contributed by atoms with E-state index in [0.29, 0.717) is 29.6 Å². The second-order valence-electron chi connectivity index (χ2n) is 9.70. The summed E-state index contributed by atoms with van der Waals surface area (Å²) in [6.45, 7) is 5.00. The number of fused-ring (bicyclic) bond motifs is 1. The topological polar surface area (TPSA) is 85.6 Å². The van der Waals surface area contributed by atoms with Gasteiger partial charge in [-0.05, 0) is 35.1 Å². The van der Waals surface area contributed by atoms with E-state index in [4.69, 9.17) is 4.98 Å². The van der Waals surface area contributed by atoms with Gasteiger partial charge in [-0.1, -0.05) is 111 Å². The Kier molecular flexibility index (Phi) is 7.70. The molecule has 2 heterocycles. The second kappa shape index (κ2) is 11.5. The lowest BCUT2D eigenvalue weighted by Crippen LogP contribution is -2.39. The largest absolute Gasteiger partial charge is 0.346 e. The Balaban J connectivity index is 1.59. The molecule has 0 fully saturated rings. The van der Waals surface area contributed by atoms with Crippen LogP contribution in [0.25, 0.3) is 11.0 Å². The Morgan fingerprint density at radius 2 is 1.39 bits per heavy atom. The summed E-state index contributed by atoms with van der Waals surface area (Å²) >= 11 is 0. The van der Waals surface area contributed by atoms with Gasteiger partial charge in [-0.25, -0.2) is 0 Å². The van der Waals surface area contributed by atoms with Crippen LogP contribution < -0.4 is 16.2 Å². The molecule has 5 rings (SSSR count). The van der Waals surface area contributed by atoms with E-state index in [1.165, 1.54) is 0 Å². The van der Waals surface area contributed by atoms with Crippen molar-refractivity contribution in [1.82, 2.24) is 20.3 Å². The summed E-state index contributed by atoms with van der Waals surface area (Å²) in [5, 5.41) is 7.85. The first-order chi connectivity index (χ1) is 18.7. The van der Waals surface area contributed by atoms with Crippen LogP contribution in [0.4, 0.5) is 5.95 Å². The third-order valence-electron chi connectivity index (χ3n) is 7.26. The fraction of sp³-hybridized carbons (Fsp3) is 0.250. The monoisotopic (exact) mass is 505 g/mol. The van der Waals surface area contributed by atoms with E-state index < -0.39 is 5.54 Å². The number of aromatic nitrogens is 3. The van der Waals surface area contributed by atoms with Gasteiger partial charge in [0.15, 0.2) is 0 Å². The van der Waals surface area contributed by atoms with Crippen LogP contribution in [0.15, 0.2) is 102 Å². The summed E-state index contributed by atoms with van der Waals surface area (Å²) in [6.07, 6.45) is 5.19. The van der Waals surface area contributed by atoms with E-state index in [1.807, 2.05) is 60.8 Å². The van der Waals surface area contributed by atoms with Gasteiger partial charge < -0.3 is 15.6 Å². The first kappa shape index (κ1) is 25.5. The van der Waals surface area contributed by atoms with Gasteiger partial charge in [-0.15, -0.1) is 0 Å². The predicted octanol–water partition coefficient (Wildman–Crippen LogP) is 6.32. The number of nitrogens with zero attached hydrogens (tertiary/aromatic N) is 1. The zero-order chi connectivity index (χ0) is 26.4. The molecule has 4 N–H and O–H groups in total. The Labute approximate surface area is 223 Å². The maximum atomic E-state index is 13.4. The van der Waals surface area contributed by atoms with Crippen molar-refractivity contribution in [2.75, 3.05) is 5.32 Å². The highest BCUT2D eigenvalue weighted by atomic mass is 16.1. The van der Waals surface area contributed by atoms with Gasteiger partial charge in [0.25, 0.3) is 5.56 Å². The number of rotatable bonds is 11. The average Bonchev–Trinajstić information content (AvgIpc) is 3.39. The first-order valence-electron chi connectivity index (χ1n) is 13.4. The van der Waals surface area contributed by atoms with Crippen LogP contribution in [0.5, 0.6) is 0 Å². The third kappa shape index (κ3) is 5.00. The standard InChI is InChI=1S/C32H35N5O/c1-3-14-27(4-2)33-21-23-22-34-29-28(23)30(38)36-31(35-29)37-32(24-15-8-5-9-16-24,25-17-10-6-11-18-25)26-19-12-7-13-20-26/h5-13,15-20,22,27,33H,3-4,14,21H2,1-2H3,(H3,34,35,36,37,38). The molecule has 3 aromatic carbocycles. The molecule has 0 amide bonds. The van der Waals surface area contributed by atoms with Gasteiger partial charge >= 0.3 is 0 Å². The van der Waals surface area contributed by atoms with E-state index in [-0.39, 0.29) is 5.56 Å². The van der Waals surface area contributed by atoms with E-state index in [1.54, 1.807) is 0 Å². The number of hydrogen-bond donors (Lipinski definition) is 4. The normalized spacial score (nSPS) is 12.5. The molecule has 0 aliphatic heterocycles. The second-order valence-corrected chi connectivity index (χ2v) is 9.70. The highest BCUT2D eigenvalue weighted by molar-refractivity contribution is 5.79. The summed E-state index contributed by atoms with van der Waals surface area (Å²) < 4.78 is 0. The quantitative estimate of drug-likeness (QED) is 0.158. The highest BCUT2D eigenvalue weighted by Gasteiger charge is 2.37. The van der Waals surface area contributed by atoms with Crippen LogP contribution in [0.2, 0.25) is 0 Å². The molecule has 0 aliphatic carbocycles. The molecule has 194 valence electrons. The van der Waals surface area contributed by atoms with Crippen LogP contribution in [0, 0.1) is 0 Å². The minimum atomic E-state index is -0.779. The zero-order valence-corrected chi connectivity index (χ0v) is 22.0. The smallest absolute Gasteiger partial charge is 0.262 e. The summed E-state index contributed by atoms with van der Waals surface area (Å²) in [5.74, 6) is 0.401. The van der Waals surface area contributed by atoms with Crippen molar-refractivity contribution in [2.24, 2.45) is 0 Å². The lowest BCUT2D eigenvalue weighted by atomic mass is 9.77. The number of hydrogen-bond acceptors (Lipinski definition) is 4. The molecule has 0 spiro atoms. The molecule has 1 atom stereocenters. The Morgan fingerprint density at radius 3 is 1.89 bits per heavy atom. The van der Waals surface area contributed by atoms with Crippen LogP contribution in [-0.4, -0.2) is 21.0 Å². The maximum absolute atomic E-state index is 13.4. The SMILES string of the molecule is CCCC(CC)NCc1c[nH]c2nc(NC(c3ccccc3)(c3ccccc3)c3ccccc3)[nH]c(=O)c12. The number of anilines is 1. The Bertz CT molecular complexity index is 1410. The molecule has 38 heavy (non-hydrogen) atoms. The van der Waals surface area contributed by atoms with Gasteiger partial charge in [-0.2, -0.15) is 4.98 Å². The molecule has 0 aliphatic rings. The van der Waals surface area contributed by atoms with E-state index in [2.05, 4.69) is 70.8 Å². The molecule has 1 unspecified atom stereocenters. The van der Waals surface area contributed by atoms with Crippen molar-refractivity contribution >= 4 is 17.0 Å². The van der Waals surface area contributed by atoms with Crippen molar-refractivity contribution in [3.8, 4) is 0 Å². The molecule has 0 radical (unpaired) electrons. The molecule has 6 nitrogen and oxygen atoms in total. The third-order valence-corrected chi connectivity index (χ3v) is 7.26. The van der Waals surface area contributed by atoms with Gasteiger partial charge in [-0.3, -0.25) is 9.78 Å². The van der Waals surface area contributed by atoms with E-state index in [9.17, 15) is 4.79 Å². The van der Waals surface area contributed by atoms with Crippen LogP contribution in [-0.2, 0) is 12.1 Å². The van der Waals surface area contributed by atoms with Gasteiger partial charge in [0.1, 0.15) is 11.2 Å². The van der Waals surface area contributed by atoms with Crippen LogP contribution in [0.1, 0.15) is 55.4 Å². The lowest BCUT2D eigenvalue weighted by molar-refractivity contribution is 0.463. The minimum Gasteiger partial charge on any atom is -0.346 e. The maximum Gasteiger partial charge on any atom is 0.262 e. The predicted molar refractivity (Wildman–Crippen MR) is 155 cm³/mol. The number of H-pyrrole nitrogens is 2. The van der Waals surface area contributed by atoms with Gasteiger partial charge in [0.2, 0.25) is 5.95 Å². The first-order valence-corrected chi connectivity index (χ1v) is 13.4. The number of aromatic amines is 2. The number of nitrogens with one attached hydrogen (secondary N) is 4. The molecule has 5 aromatic rings. The van der Waals surface area contributed by atoms with Crippen molar-refractivity contribution in [2.45, 2.75) is 51.2 Å². The number of benzene rings is 3. The van der Waals surface area contributed by atoms with Crippen molar-refractivity contribution in [3.63, 3.8) is 0 Å². The Morgan fingerprint density at radius 1 is 0.842 bits per heavy atom. The summed E-state index contributed by atoms with van der Waals surface area (Å²) in [5.41, 5.74) is 3.67. The lowest BCUT2D eigenvalue weighted by Gasteiger charge is -2.37. The fourth-order valence-electron chi connectivity index (χ4n) is 5.31. The van der Waals surface area contributed by atoms with Crippen molar-refractivity contribution in [3.05, 3.63) is 130 Å². The van der Waals surface area contributed by atoms with E-state index in [0.717, 1.165) is 41.5 Å². The molecule has 2 aromatic heterocycles. The molecule has 0 saturated heterocycles. The van der Waals surface area contributed by atoms with Crippen LogP contribution in [0.3, 0.4) is 0 Å². The molecule has 6 heteroatoms. The zero-order valence-electron chi connectivity index (χ0n) is 22.0. The van der Waals surface area contributed by atoms with Gasteiger partial charge in [0.05, 0.1) is 5.39 Å². The Hall–Kier alpha value is -4.16.